The van der Waals surface area contributed by atoms with E-state index in [9.17, 15) is 78.0 Å². The van der Waals surface area contributed by atoms with Crippen LogP contribution in [0.5, 0.6) is 0 Å². The first-order chi connectivity index (χ1) is 41.7. The van der Waals surface area contributed by atoms with Crippen LogP contribution in [0.4, 0.5) is 0 Å². The molecule has 1 aliphatic rings. The first-order valence-electron chi connectivity index (χ1n) is 32.0. The molecule has 1 aliphatic heterocycles. The molecular formula is C62H110N10O17. The minimum absolute atomic E-state index is 0.00519. The molecule has 0 aromatic carbocycles. The van der Waals surface area contributed by atoms with Gasteiger partial charge in [0.25, 0.3) is 0 Å². The Morgan fingerprint density at radius 2 is 0.955 bits per heavy atom. The van der Waals surface area contributed by atoms with E-state index in [2.05, 4.69) is 60.1 Å². The maximum Gasteiger partial charge on any atom is 0.329 e. The molecule has 1 rings (SSSR count). The second-order valence-electron chi connectivity index (χ2n) is 25.8. The summed E-state index contributed by atoms with van der Waals surface area (Å²) in [5.41, 5.74) is 0. The van der Waals surface area contributed by atoms with E-state index < -0.39 is 182 Å². The van der Waals surface area contributed by atoms with Gasteiger partial charge in [-0.15, -0.1) is 0 Å². The molecule has 1 fully saturated rings. The smallest absolute Gasteiger partial charge is 0.329 e. The topological polar surface area (TPSA) is 415 Å². The van der Waals surface area contributed by atoms with Crippen LogP contribution in [0.25, 0.3) is 0 Å². The molecule has 10 amide bonds. The van der Waals surface area contributed by atoms with Gasteiger partial charge in [-0.1, -0.05) is 141 Å². The summed E-state index contributed by atoms with van der Waals surface area (Å²) in [7, 11) is 0. The van der Waals surface area contributed by atoms with E-state index in [1.54, 1.807) is 69.2 Å². The van der Waals surface area contributed by atoms with Gasteiger partial charge in [0.1, 0.15) is 66.5 Å². The Bertz CT molecular complexity index is 2300. The van der Waals surface area contributed by atoms with E-state index >= 15 is 0 Å². The van der Waals surface area contributed by atoms with Crippen molar-refractivity contribution in [3.8, 4) is 0 Å². The molecular weight excluding hydrogens is 1160 g/mol. The number of aliphatic hydroxyl groups excluding tert-OH is 3. The number of carboxylic acid groups (broad SMARTS) is 1. The third-order valence-corrected chi connectivity index (χ3v) is 15.2. The number of carbonyl (C=O) groups excluding carboxylic acids is 11. The summed E-state index contributed by atoms with van der Waals surface area (Å²) >= 11 is 0. The molecule has 13 atom stereocenters. The molecule has 0 spiro atoms. The zero-order valence-corrected chi connectivity index (χ0v) is 55.2. The van der Waals surface area contributed by atoms with Crippen LogP contribution in [-0.2, 0) is 62.3 Å². The lowest BCUT2D eigenvalue weighted by Gasteiger charge is -2.32. The maximum atomic E-state index is 14.9. The van der Waals surface area contributed by atoms with Crippen molar-refractivity contribution in [3.63, 3.8) is 0 Å². The van der Waals surface area contributed by atoms with Crippen molar-refractivity contribution >= 4 is 71.0 Å². The number of hydrogen-bond acceptors (Lipinski definition) is 16. The first kappa shape index (κ1) is 80.5. The third kappa shape index (κ3) is 30.7. The fourth-order valence-electron chi connectivity index (χ4n) is 9.94. The molecule has 0 saturated carbocycles. The Labute approximate surface area is 526 Å². The average Bonchev–Trinajstić information content (AvgIpc) is 1.81. The number of esters is 1. The molecule has 0 aromatic heterocycles. The van der Waals surface area contributed by atoms with Gasteiger partial charge in [-0.2, -0.15) is 0 Å². The number of carboxylic acids is 1. The van der Waals surface area contributed by atoms with Crippen molar-refractivity contribution in [2.75, 3.05) is 13.2 Å². The SMILES string of the molecule is CCCCCCCCC[C@@H](O)CC(=O)N[C@H](CC(C)C)C(=O)N[C@@H](CCC(=O)O)C(=O)NC1C(=O)N[C@@H]([C@H](C)CC)C(=O)NC(CC(C)C)C(=O)N[C@@H](CO)C(=O)NC(CC(C)C)C(=O)N[C@H](CC(C)C)C(=O)N[C@@H](CO)C(=O)NC(C(C)C)C(=O)O[C@H]1C. The molecule has 89 heavy (non-hydrogen) atoms. The van der Waals surface area contributed by atoms with Crippen LogP contribution in [0.1, 0.15) is 200 Å². The Morgan fingerprint density at radius 3 is 1.39 bits per heavy atom. The van der Waals surface area contributed by atoms with Crippen molar-refractivity contribution in [2.24, 2.45) is 35.5 Å². The lowest BCUT2D eigenvalue weighted by Crippen LogP contribution is -2.63. The molecule has 0 aliphatic carbocycles. The van der Waals surface area contributed by atoms with Crippen LogP contribution in [-0.4, -0.2) is 177 Å². The summed E-state index contributed by atoms with van der Waals surface area (Å²) in [6.45, 7) is 21.7. The van der Waals surface area contributed by atoms with Crippen molar-refractivity contribution in [1.29, 1.82) is 0 Å². The van der Waals surface area contributed by atoms with Gasteiger partial charge in [0, 0.05) is 6.42 Å². The highest BCUT2D eigenvalue weighted by molar-refractivity contribution is 5.99. The standard InChI is InChI=1S/C62H110N10O17/c1-15-17-18-19-20-21-22-23-40(75)30-48(76)63-42(26-33(3)4)54(80)64-41(24-25-49(77)78)53(79)72-52-39(14)89-62(88)50(37(11)12)70-59(85)47(32-74)69-56(82)44(28-35(7)8)65-55(81)43(27-34(5)6)66-58(84)46(31-73)68-57(83)45(29-36(9)10)67-60(86)51(38(13)16-2)71-61(52)87/h33-47,50-52,73-75H,15-32H2,1-14H3,(H,63,76)(H,64,80)(H,65,81)(H,66,84)(H,67,86)(H,68,83)(H,69,82)(H,70,85)(H,71,87)(H,72,79)(H,77,78)/t38-,39+,40-,41+,42-,43?,44-,45?,46+,47+,50?,51+,52?/m1/s1. The molecule has 27 nitrogen and oxygen atoms in total. The predicted octanol–water partition coefficient (Wildman–Crippen LogP) is 1.41. The largest absolute Gasteiger partial charge is 0.481 e. The van der Waals surface area contributed by atoms with E-state index in [0.717, 1.165) is 38.5 Å². The summed E-state index contributed by atoms with van der Waals surface area (Å²) in [6.07, 6.45) is 3.25. The minimum atomic E-state index is -1.99. The zero-order valence-electron chi connectivity index (χ0n) is 55.2. The second kappa shape index (κ2) is 41.7. The van der Waals surface area contributed by atoms with Gasteiger partial charge in [-0.25, -0.2) is 4.79 Å². The van der Waals surface area contributed by atoms with Gasteiger partial charge in [0.05, 0.1) is 25.7 Å². The number of aliphatic hydroxyl groups is 3. The molecule has 1 saturated heterocycles. The number of aliphatic carboxylic acids is 1. The molecule has 14 N–H and O–H groups in total. The quantitative estimate of drug-likeness (QED) is 0.0345. The Kier molecular flexibility index (Phi) is 37.8. The average molecular weight is 1270 g/mol. The monoisotopic (exact) mass is 1270 g/mol. The van der Waals surface area contributed by atoms with Crippen molar-refractivity contribution in [3.05, 3.63) is 0 Å². The fourth-order valence-corrected chi connectivity index (χ4v) is 9.94. The van der Waals surface area contributed by atoms with Gasteiger partial charge in [-0.3, -0.25) is 52.7 Å². The highest BCUT2D eigenvalue weighted by atomic mass is 16.5. The maximum absolute atomic E-state index is 14.9. The van der Waals surface area contributed by atoms with Crippen LogP contribution >= 0.6 is 0 Å². The summed E-state index contributed by atoms with van der Waals surface area (Å²) in [4.78, 5) is 168. The molecule has 510 valence electrons. The predicted molar refractivity (Wildman–Crippen MR) is 331 cm³/mol. The Hall–Kier alpha value is -6.48. The number of hydrogen-bond donors (Lipinski definition) is 14. The zero-order chi connectivity index (χ0) is 67.8. The lowest BCUT2D eigenvalue weighted by molar-refractivity contribution is -0.157. The number of carbonyl (C=O) groups is 12. The number of rotatable bonds is 31. The van der Waals surface area contributed by atoms with Crippen LogP contribution < -0.4 is 53.2 Å². The third-order valence-electron chi connectivity index (χ3n) is 15.2. The fraction of sp³-hybridized carbons (Fsp3) is 0.806. The van der Waals surface area contributed by atoms with Crippen molar-refractivity contribution < 1.29 is 82.7 Å². The summed E-state index contributed by atoms with van der Waals surface area (Å²) in [5, 5.41) is 66.9. The molecule has 1 heterocycles. The molecule has 27 heteroatoms. The van der Waals surface area contributed by atoms with E-state index in [4.69, 9.17) is 4.74 Å². The van der Waals surface area contributed by atoms with Gasteiger partial charge in [0.15, 0.2) is 0 Å². The highest BCUT2D eigenvalue weighted by Gasteiger charge is 2.41. The molecule has 0 bridgehead atoms. The normalized spacial score (nSPS) is 23.9. The van der Waals surface area contributed by atoms with Crippen LogP contribution in [0.15, 0.2) is 0 Å². The van der Waals surface area contributed by atoms with Crippen molar-refractivity contribution in [2.45, 2.75) is 272 Å². The van der Waals surface area contributed by atoms with Crippen LogP contribution in [0.3, 0.4) is 0 Å². The summed E-state index contributed by atoms with van der Waals surface area (Å²) < 4.78 is 5.84. The number of unbranched alkanes of at least 4 members (excludes halogenated alkanes) is 6. The summed E-state index contributed by atoms with van der Waals surface area (Å²) in [6, 6.07) is -15.7. The second-order valence-corrected chi connectivity index (χ2v) is 25.8. The minimum Gasteiger partial charge on any atom is -0.481 e. The first-order valence-corrected chi connectivity index (χ1v) is 32.0. The van der Waals surface area contributed by atoms with E-state index in [0.29, 0.717) is 12.8 Å². The molecule has 4 unspecified atom stereocenters. The van der Waals surface area contributed by atoms with Gasteiger partial charge in [-0.05, 0) is 81.0 Å². The molecule has 0 radical (unpaired) electrons. The van der Waals surface area contributed by atoms with Crippen molar-refractivity contribution in [1.82, 2.24) is 53.2 Å². The molecule has 0 aromatic rings. The van der Waals surface area contributed by atoms with Gasteiger partial charge < -0.3 is 78.3 Å². The number of cyclic esters (lactones) is 1. The van der Waals surface area contributed by atoms with E-state index in [1.165, 1.54) is 20.8 Å². The van der Waals surface area contributed by atoms with Gasteiger partial charge >= 0.3 is 11.9 Å². The van der Waals surface area contributed by atoms with Crippen LogP contribution in [0, 0.1) is 35.5 Å². The van der Waals surface area contributed by atoms with E-state index in [-0.39, 0.29) is 62.2 Å². The van der Waals surface area contributed by atoms with Gasteiger partial charge in [0.2, 0.25) is 59.1 Å². The van der Waals surface area contributed by atoms with E-state index in [1.807, 2.05) is 0 Å². The Morgan fingerprint density at radius 1 is 0.517 bits per heavy atom. The Balaban J connectivity index is 4.08. The summed E-state index contributed by atoms with van der Waals surface area (Å²) in [5.74, 6) is -14.7. The lowest BCUT2D eigenvalue weighted by atomic mass is 9.96. The van der Waals surface area contributed by atoms with Crippen LogP contribution in [0.2, 0.25) is 0 Å². The highest BCUT2D eigenvalue weighted by Crippen LogP contribution is 2.18. The number of ether oxygens (including phenoxy) is 1. The number of nitrogens with one attached hydrogen (secondary N) is 10. The number of amides is 10.